The van der Waals surface area contributed by atoms with Crippen molar-refractivity contribution in [2.75, 3.05) is 0 Å². The summed E-state index contributed by atoms with van der Waals surface area (Å²) < 4.78 is 0.872. The Hall–Kier alpha value is -0.620. The molecule has 1 aromatic rings. The van der Waals surface area contributed by atoms with Crippen LogP contribution in [0.4, 0.5) is 0 Å². The average Bonchev–Trinajstić information content (AvgIpc) is 2.51. The highest BCUT2D eigenvalue weighted by Crippen LogP contribution is 2.25. The molecule has 0 saturated carbocycles. The lowest BCUT2D eigenvalue weighted by atomic mass is 10.3. The molecule has 6 heteroatoms. The lowest BCUT2D eigenvalue weighted by molar-refractivity contribution is 0.972. The maximum Gasteiger partial charge on any atom is 0.174 e. The topological polar surface area (TPSA) is 75.7 Å². The van der Waals surface area contributed by atoms with Crippen LogP contribution < -0.4 is 5.73 Å². The number of hydrogen-bond acceptors (Lipinski definition) is 5. The van der Waals surface area contributed by atoms with Gasteiger partial charge in [-0.15, -0.1) is 10.2 Å². The largest absolute Gasteiger partial charge is 0.387 e. The standard InChI is InChI=1S/C6H10N4S2/c1-2-4(5(7)8)12-6-10-9-3-11-6/h3-4H,2H2,1H3,(H3,7,8). The first-order valence-corrected chi connectivity index (χ1v) is 5.26. The summed E-state index contributed by atoms with van der Waals surface area (Å²) in [7, 11) is 0. The van der Waals surface area contributed by atoms with E-state index in [0.717, 1.165) is 10.8 Å². The number of hydrogen-bond donors (Lipinski definition) is 2. The molecule has 0 aliphatic carbocycles. The van der Waals surface area contributed by atoms with E-state index in [1.54, 1.807) is 5.51 Å². The summed E-state index contributed by atoms with van der Waals surface area (Å²) in [4.78, 5) is 0. The van der Waals surface area contributed by atoms with E-state index in [9.17, 15) is 0 Å². The minimum Gasteiger partial charge on any atom is -0.387 e. The van der Waals surface area contributed by atoms with Gasteiger partial charge in [0, 0.05) is 0 Å². The minimum absolute atomic E-state index is 0.0398. The monoisotopic (exact) mass is 202 g/mol. The molecule has 4 nitrogen and oxygen atoms in total. The molecule has 66 valence electrons. The molecule has 12 heavy (non-hydrogen) atoms. The molecular weight excluding hydrogens is 192 g/mol. The van der Waals surface area contributed by atoms with Crippen molar-refractivity contribution in [3.63, 3.8) is 0 Å². The molecule has 0 radical (unpaired) electrons. The number of nitrogens with two attached hydrogens (primary N) is 1. The molecule has 0 aliphatic heterocycles. The first-order valence-electron chi connectivity index (χ1n) is 3.50. The fraction of sp³-hybridized carbons (Fsp3) is 0.500. The molecule has 0 saturated heterocycles. The average molecular weight is 202 g/mol. The Kier molecular flexibility index (Phi) is 3.48. The van der Waals surface area contributed by atoms with Crippen molar-refractivity contribution in [1.82, 2.24) is 10.2 Å². The third kappa shape index (κ3) is 2.46. The van der Waals surface area contributed by atoms with Crippen LogP contribution in [0.5, 0.6) is 0 Å². The van der Waals surface area contributed by atoms with Crippen molar-refractivity contribution in [3.8, 4) is 0 Å². The fourth-order valence-corrected chi connectivity index (χ4v) is 2.31. The van der Waals surface area contributed by atoms with Gasteiger partial charge in [-0.05, 0) is 6.42 Å². The Labute approximate surface area is 79.1 Å². The summed E-state index contributed by atoms with van der Waals surface area (Å²) in [6.07, 6.45) is 0.847. The maximum atomic E-state index is 7.27. The Bertz CT molecular complexity index is 246. The van der Waals surface area contributed by atoms with E-state index in [1.165, 1.54) is 23.1 Å². The van der Waals surface area contributed by atoms with Gasteiger partial charge in [-0.3, -0.25) is 5.41 Å². The summed E-state index contributed by atoms with van der Waals surface area (Å²) >= 11 is 2.97. The van der Waals surface area contributed by atoms with Gasteiger partial charge in [0.25, 0.3) is 0 Å². The van der Waals surface area contributed by atoms with Crippen LogP contribution in [0.3, 0.4) is 0 Å². The Morgan fingerprint density at radius 1 is 1.92 bits per heavy atom. The zero-order valence-electron chi connectivity index (χ0n) is 6.65. The van der Waals surface area contributed by atoms with E-state index in [-0.39, 0.29) is 11.1 Å². The van der Waals surface area contributed by atoms with Crippen LogP contribution in [-0.2, 0) is 0 Å². The number of rotatable bonds is 4. The van der Waals surface area contributed by atoms with E-state index in [1.807, 2.05) is 6.92 Å². The van der Waals surface area contributed by atoms with Gasteiger partial charge in [-0.25, -0.2) is 0 Å². The van der Waals surface area contributed by atoms with Crippen LogP contribution >= 0.6 is 23.1 Å². The van der Waals surface area contributed by atoms with E-state index in [4.69, 9.17) is 11.1 Å². The zero-order valence-corrected chi connectivity index (χ0v) is 8.28. The first-order chi connectivity index (χ1) is 5.74. The van der Waals surface area contributed by atoms with Crippen LogP contribution in [0.25, 0.3) is 0 Å². The molecule has 0 amide bonds. The highest BCUT2D eigenvalue weighted by atomic mass is 32.2. The number of thioether (sulfide) groups is 1. The molecule has 0 aliphatic rings. The zero-order chi connectivity index (χ0) is 8.97. The van der Waals surface area contributed by atoms with Gasteiger partial charge in [0.15, 0.2) is 4.34 Å². The van der Waals surface area contributed by atoms with Crippen molar-refractivity contribution in [3.05, 3.63) is 5.51 Å². The van der Waals surface area contributed by atoms with E-state index < -0.39 is 0 Å². The second-order valence-electron chi connectivity index (χ2n) is 2.17. The van der Waals surface area contributed by atoms with Gasteiger partial charge in [-0.2, -0.15) is 0 Å². The molecular formula is C6H10N4S2. The van der Waals surface area contributed by atoms with Crippen LogP contribution in [-0.4, -0.2) is 21.3 Å². The van der Waals surface area contributed by atoms with Crippen LogP contribution in [0, 0.1) is 5.41 Å². The Morgan fingerprint density at radius 2 is 2.67 bits per heavy atom. The molecule has 1 rings (SSSR count). The highest BCUT2D eigenvalue weighted by molar-refractivity contribution is 8.02. The number of nitrogens with zero attached hydrogens (tertiary/aromatic N) is 2. The van der Waals surface area contributed by atoms with Crippen molar-refractivity contribution in [2.45, 2.75) is 22.9 Å². The first kappa shape index (κ1) is 9.47. The lowest BCUT2D eigenvalue weighted by Crippen LogP contribution is -2.23. The molecule has 1 aromatic heterocycles. The summed E-state index contributed by atoms with van der Waals surface area (Å²) in [5.74, 6) is 0.206. The third-order valence-corrected chi connectivity index (χ3v) is 3.52. The Balaban J connectivity index is 2.54. The predicted octanol–water partition coefficient (Wildman–Crippen LogP) is 1.34. The van der Waals surface area contributed by atoms with Crippen molar-refractivity contribution in [1.29, 1.82) is 5.41 Å². The molecule has 0 spiro atoms. The summed E-state index contributed by atoms with van der Waals surface area (Å²) in [5, 5.41) is 14.9. The van der Waals surface area contributed by atoms with E-state index in [0.29, 0.717) is 0 Å². The van der Waals surface area contributed by atoms with Crippen molar-refractivity contribution < 1.29 is 0 Å². The van der Waals surface area contributed by atoms with Gasteiger partial charge < -0.3 is 5.73 Å². The quantitative estimate of drug-likeness (QED) is 0.439. The van der Waals surface area contributed by atoms with Crippen LogP contribution in [0.1, 0.15) is 13.3 Å². The molecule has 1 atom stereocenters. The highest BCUT2D eigenvalue weighted by Gasteiger charge is 2.12. The third-order valence-electron chi connectivity index (χ3n) is 1.30. The number of aromatic nitrogens is 2. The second-order valence-corrected chi connectivity index (χ2v) is 4.46. The second kappa shape index (κ2) is 4.42. The van der Waals surface area contributed by atoms with E-state index >= 15 is 0 Å². The van der Waals surface area contributed by atoms with Gasteiger partial charge in [0.2, 0.25) is 0 Å². The summed E-state index contributed by atoms with van der Waals surface area (Å²) in [5.41, 5.74) is 7.06. The van der Waals surface area contributed by atoms with Crippen LogP contribution in [0.15, 0.2) is 9.85 Å². The van der Waals surface area contributed by atoms with Gasteiger partial charge in [-0.1, -0.05) is 30.0 Å². The molecule has 3 N–H and O–H groups in total. The molecule has 0 aromatic carbocycles. The molecule has 1 heterocycles. The SMILES string of the molecule is CCC(Sc1nncs1)C(=N)N. The number of amidine groups is 1. The Morgan fingerprint density at radius 3 is 3.08 bits per heavy atom. The number of nitrogens with one attached hydrogen (secondary N) is 1. The molecule has 0 fully saturated rings. The van der Waals surface area contributed by atoms with Gasteiger partial charge >= 0.3 is 0 Å². The smallest absolute Gasteiger partial charge is 0.174 e. The minimum atomic E-state index is 0.0398. The fourth-order valence-electron chi connectivity index (χ4n) is 0.703. The summed E-state index contributed by atoms with van der Waals surface area (Å²) in [6.45, 7) is 2.00. The van der Waals surface area contributed by atoms with E-state index in [2.05, 4.69) is 10.2 Å². The van der Waals surface area contributed by atoms with Crippen LogP contribution in [0.2, 0.25) is 0 Å². The predicted molar refractivity (Wildman–Crippen MR) is 51.8 cm³/mol. The van der Waals surface area contributed by atoms with Gasteiger partial charge in [0.05, 0.1) is 5.25 Å². The molecule has 0 bridgehead atoms. The van der Waals surface area contributed by atoms with Crippen molar-refractivity contribution >= 4 is 28.9 Å². The normalized spacial score (nSPS) is 12.8. The molecule has 1 unspecified atom stereocenters. The van der Waals surface area contributed by atoms with Crippen molar-refractivity contribution in [2.24, 2.45) is 5.73 Å². The maximum absolute atomic E-state index is 7.27. The van der Waals surface area contributed by atoms with Gasteiger partial charge in [0.1, 0.15) is 11.3 Å². The summed E-state index contributed by atoms with van der Waals surface area (Å²) in [6, 6.07) is 0. The lowest BCUT2D eigenvalue weighted by Gasteiger charge is -2.08.